The van der Waals surface area contributed by atoms with Crippen LogP contribution in [0.4, 0.5) is 5.82 Å². The monoisotopic (exact) mass is 618 g/mol. The molecule has 0 amide bonds. The van der Waals surface area contributed by atoms with Crippen molar-refractivity contribution in [2.75, 3.05) is 44.9 Å². The molecule has 198 valence electrons. The van der Waals surface area contributed by atoms with E-state index in [-0.39, 0.29) is 17.7 Å². The maximum absolute atomic E-state index is 6.05. The minimum Gasteiger partial charge on any atom is -0.497 e. The molecular formula is C27H35IN6O3. The molecule has 2 aromatic heterocycles. The first-order valence-corrected chi connectivity index (χ1v) is 14.4. The van der Waals surface area contributed by atoms with Crippen molar-refractivity contribution in [3.8, 4) is 5.75 Å². The number of benzene rings is 1. The average Bonchev–Trinajstić information content (AvgIpc) is 3.49. The van der Waals surface area contributed by atoms with Gasteiger partial charge in [-0.3, -0.25) is 0 Å². The van der Waals surface area contributed by atoms with E-state index in [0.29, 0.717) is 6.04 Å². The summed E-state index contributed by atoms with van der Waals surface area (Å²) in [5.41, 5.74) is 3.08. The fraction of sp³-hybridized carbons (Fsp3) is 0.593. The van der Waals surface area contributed by atoms with Gasteiger partial charge in [0, 0.05) is 37.2 Å². The third-order valence-electron chi connectivity index (χ3n) is 8.34. The lowest BCUT2D eigenvalue weighted by Crippen LogP contribution is -2.51. The minimum absolute atomic E-state index is 0.0518. The summed E-state index contributed by atoms with van der Waals surface area (Å²) < 4.78 is 20.2. The van der Waals surface area contributed by atoms with E-state index in [0.717, 1.165) is 91.4 Å². The summed E-state index contributed by atoms with van der Waals surface area (Å²) >= 11 is 2.25. The van der Waals surface area contributed by atoms with E-state index in [2.05, 4.69) is 51.9 Å². The van der Waals surface area contributed by atoms with E-state index < -0.39 is 0 Å². The van der Waals surface area contributed by atoms with Gasteiger partial charge in [0.1, 0.15) is 17.1 Å². The molecular weight excluding hydrogens is 583 g/mol. The zero-order valence-corrected chi connectivity index (χ0v) is 23.7. The van der Waals surface area contributed by atoms with Crippen molar-refractivity contribution in [1.82, 2.24) is 25.1 Å². The topological polar surface area (TPSA) is 86.6 Å². The van der Waals surface area contributed by atoms with Crippen LogP contribution in [-0.2, 0) is 9.47 Å². The van der Waals surface area contributed by atoms with Gasteiger partial charge in [-0.2, -0.15) is 5.10 Å². The Kier molecular flexibility index (Phi) is 7.26. The Hall–Kier alpha value is -2.02. The number of hydrogen-bond acceptors (Lipinski definition) is 8. The largest absolute Gasteiger partial charge is 0.497 e. The predicted molar refractivity (Wildman–Crippen MR) is 150 cm³/mol. The molecule has 3 aliphatic rings. The van der Waals surface area contributed by atoms with Gasteiger partial charge >= 0.3 is 0 Å². The lowest BCUT2D eigenvalue weighted by atomic mass is 9.74. The Morgan fingerprint density at radius 2 is 2.00 bits per heavy atom. The maximum atomic E-state index is 6.05. The molecule has 1 N–H and O–H groups in total. The number of nitrogens with one attached hydrogen (secondary N) is 1. The average molecular weight is 619 g/mol. The van der Waals surface area contributed by atoms with E-state index in [1.54, 1.807) is 7.11 Å². The summed E-state index contributed by atoms with van der Waals surface area (Å²) in [5, 5.41) is 8.61. The van der Waals surface area contributed by atoms with Gasteiger partial charge < -0.3 is 24.4 Å². The molecule has 0 bridgehead atoms. The molecule has 0 saturated carbocycles. The summed E-state index contributed by atoms with van der Waals surface area (Å²) in [6.45, 7) is 6.44. The van der Waals surface area contributed by atoms with Crippen molar-refractivity contribution >= 4 is 39.6 Å². The fourth-order valence-electron chi connectivity index (χ4n) is 5.98. The van der Waals surface area contributed by atoms with Crippen molar-refractivity contribution in [1.29, 1.82) is 0 Å². The van der Waals surface area contributed by atoms with Crippen LogP contribution in [0, 0.1) is 9.12 Å². The highest BCUT2D eigenvalue weighted by atomic mass is 127. The van der Waals surface area contributed by atoms with Crippen LogP contribution in [0.1, 0.15) is 56.9 Å². The molecule has 6 rings (SSSR count). The first-order valence-electron chi connectivity index (χ1n) is 13.3. The number of nitrogens with zero attached hydrogens (tertiary/aromatic N) is 5. The van der Waals surface area contributed by atoms with Crippen molar-refractivity contribution in [2.45, 2.75) is 57.3 Å². The van der Waals surface area contributed by atoms with Crippen LogP contribution in [0.5, 0.6) is 5.75 Å². The van der Waals surface area contributed by atoms with Gasteiger partial charge in [0.05, 0.1) is 26.5 Å². The standard InChI is InChI=1S/C27H35IN6O3/c1-18(19-6-8-20(35-2)9-7-19)30-21-16-36-17-27(21)10-12-33(13-11-27)22-15-29-24-25(28)32-34(26(24)31-22)23-5-3-4-14-37-23/h6-9,15,18,21,23,30H,3-5,10-14,16-17H2,1-2H3/t18?,21-,23?/m1/s1. The zero-order chi connectivity index (χ0) is 25.4. The predicted octanol–water partition coefficient (Wildman–Crippen LogP) is 4.47. The third-order valence-corrected chi connectivity index (χ3v) is 9.07. The Morgan fingerprint density at radius 3 is 2.73 bits per heavy atom. The van der Waals surface area contributed by atoms with Gasteiger partial charge in [0.2, 0.25) is 0 Å². The Morgan fingerprint density at radius 1 is 1.19 bits per heavy atom. The number of piperidine rings is 1. The van der Waals surface area contributed by atoms with E-state index >= 15 is 0 Å². The van der Waals surface area contributed by atoms with Crippen molar-refractivity contribution < 1.29 is 14.2 Å². The number of aromatic nitrogens is 4. The molecule has 2 unspecified atom stereocenters. The Bertz CT molecular complexity index is 1220. The van der Waals surface area contributed by atoms with Crippen molar-refractivity contribution in [3.05, 3.63) is 39.7 Å². The Labute approximate surface area is 231 Å². The molecule has 3 aromatic rings. The lowest BCUT2D eigenvalue weighted by molar-refractivity contribution is -0.0372. The van der Waals surface area contributed by atoms with Gasteiger partial charge in [-0.1, -0.05) is 12.1 Å². The third kappa shape index (κ3) is 4.93. The summed E-state index contributed by atoms with van der Waals surface area (Å²) in [6, 6.07) is 8.90. The Balaban J connectivity index is 1.15. The van der Waals surface area contributed by atoms with Crippen LogP contribution in [-0.4, -0.2) is 65.8 Å². The van der Waals surface area contributed by atoms with Gasteiger partial charge in [-0.05, 0) is 79.3 Å². The van der Waals surface area contributed by atoms with Crippen molar-refractivity contribution in [2.24, 2.45) is 5.41 Å². The van der Waals surface area contributed by atoms with Crippen LogP contribution < -0.4 is 15.0 Å². The molecule has 10 heteroatoms. The molecule has 37 heavy (non-hydrogen) atoms. The zero-order valence-electron chi connectivity index (χ0n) is 21.5. The molecule has 9 nitrogen and oxygen atoms in total. The summed E-state index contributed by atoms with van der Waals surface area (Å²) in [4.78, 5) is 12.2. The van der Waals surface area contributed by atoms with Crippen molar-refractivity contribution in [3.63, 3.8) is 0 Å². The molecule has 3 atom stereocenters. The highest BCUT2D eigenvalue weighted by molar-refractivity contribution is 14.1. The number of ether oxygens (including phenoxy) is 3. The van der Waals surface area contributed by atoms with Crippen LogP contribution >= 0.6 is 22.6 Å². The molecule has 3 aliphatic heterocycles. The fourth-order valence-corrected chi connectivity index (χ4v) is 6.59. The molecule has 1 aromatic carbocycles. The molecule has 3 saturated heterocycles. The number of anilines is 1. The van der Waals surface area contributed by atoms with Gasteiger partial charge in [-0.15, -0.1) is 0 Å². The van der Waals surface area contributed by atoms with Gasteiger partial charge in [-0.25, -0.2) is 14.6 Å². The summed E-state index contributed by atoms with van der Waals surface area (Å²) in [5.74, 6) is 1.81. The normalized spacial score (nSPS) is 24.6. The molecule has 3 fully saturated rings. The number of rotatable bonds is 6. The molecule has 0 aliphatic carbocycles. The second-order valence-electron chi connectivity index (χ2n) is 10.5. The highest BCUT2D eigenvalue weighted by Gasteiger charge is 2.46. The SMILES string of the molecule is COc1ccc(C(C)N[C@@H]2COCC23CCN(c2cnc4c(I)nn(C5CCCCO5)c4n2)CC3)cc1. The van der Waals surface area contributed by atoms with E-state index in [1.807, 2.05) is 23.0 Å². The van der Waals surface area contributed by atoms with Gasteiger partial charge in [0.15, 0.2) is 15.6 Å². The molecule has 0 radical (unpaired) electrons. The summed E-state index contributed by atoms with van der Waals surface area (Å²) in [6.07, 6.45) is 7.20. The van der Waals surface area contributed by atoms with E-state index in [1.165, 1.54) is 5.56 Å². The number of methoxy groups -OCH3 is 1. The smallest absolute Gasteiger partial charge is 0.182 e. The van der Waals surface area contributed by atoms with Crippen LogP contribution in [0.2, 0.25) is 0 Å². The quantitative estimate of drug-likeness (QED) is 0.405. The second kappa shape index (κ2) is 10.6. The second-order valence-corrected chi connectivity index (χ2v) is 11.6. The van der Waals surface area contributed by atoms with Crippen LogP contribution in [0.15, 0.2) is 30.5 Å². The first-order chi connectivity index (χ1) is 18.1. The van der Waals surface area contributed by atoms with Gasteiger partial charge in [0.25, 0.3) is 0 Å². The van der Waals surface area contributed by atoms with Crippen LogP contribution in [0.25, 0.3) is 11.2 Å². The highest BCUT2D eigenvalue weighted by Crippen LogP contribution is 2.41. The molecule has 1 spiro atoms. The molecule has 5 heterocycles. The first kappa shape index (κ1) is 25.3. The minimum atomic E-state index is -0.0518. The maximum Gasteiger partial charge on any atom is 0.182 e. The van der Waals surface area contributed by atoms with Crippen LogP contribution in [0.3, 0.4) is 0 Å². The summed E-state index contributed by atoms with van der Waals surface area (Å²) in [7, 11) is 1.70. The number of halogens is 1. The lowest BCUT2D eigenvalue weighted by Gasteiger charge is -2.43. The van der Waals surface area contributed by atoms with E-state index in [9.17, 15) is 0 Å². The number of hydrogen-bond donors (Lipinski definition) is 1. The van der Waals surface area contributed by atoms with E-state index in [4.69, 9.17) is 29.3 Å². The number of fused-ring (bicyclic) bond motifs is 1.